The molecule has 0 saturated carbocycles. The first-order valence-electron chi connectivity index (χ1n) is 8.46. The van der Waals surface area contributed by atoms with Gasteiger partial charge in [-0.3, -0.25) is 9.69 Å². The van der Waals surface area contributed by atoms with Crippen LogP contribution in [-0.2, 0) is 17.9 Å². The Morgan fingerprint density at radius 3 is 2.56 bits per heavy atom. The Morgan fingerprint density at radius 2 is 1.93 bits per heavy atom. The number of halogens is 2. The number of aromatic nitrogens is 2. The lowest BCUT2D eigenvalue weighted by Gasteiger charge is -2.34. The fourth-order valence-electron chi connectivity index (χ4n) is 3.07. The number of carbonyl (C=O) groups is 1. The van der Waals surface area contributed by atoms with Crippen LogP contribution in [0.25, 0.3) is 0 Å². The number of hydrogen-bond acceptors (Lipinski definition) is 5. The molecule has 0 radical (unpaired) electrons. The van der Waals surface area contributed by atoms with Gasteiger partial charge in [-0.25, -0.2) is 0 Å². The highest BCUT2D eigenvalue weighted by molar-refractivity contribution is 6.35. The highest BCUT2D eigenvalue weighted by Gasteiger charge is 2.26. The molecule has 0 spiro atoms. The number of amides is 1. The molecular weight excluding hydrogens is 393 g/mol. The van der Waals surface area contributed by atoms with Crippen LogP contribution in [0.2, 0.25) is 10.0 Å². The van der Waals surface area contributed by atoms with E-state index in [0.717, 1.165) is 10.2 Å². The van der Waals surface area contributed by atoms with Crippen LogP contribution in [0.1, 0.15) is 11.3 Å². The summed E-state index contributed by atoms with van der Waals surface area (Å²) in [5.41, 5.74) is 1.50. The first-order chi connectivity index (χ1) is 12.8. The Labute approximate surface area is 166 Å². The van der Waals surface area contributed by atoms with Crippen molar-refractivity contribution in [3.8, 4) is 0 Å². The summed E-state index contributed by atoms with van der Waals surface area (Å²) in [6, 6.07) is 6.79. The molecule has 0 aliphatic carbocycles. The zero-order valence-corrected chi connectivity index (χ0v) is 16.3. The van der Waals surface area contributed by atoms with Gasteiger partial charge >= 0.3 is 5.82 Å². The van der Waals surface area contributed by atoms with E-state index in [1.165, 1.54) is 6.07 Å². The van der Waals surface area contributed by atoms with E-state index in [4.69, 9.17) is 23.2 Å². The molecule has 3 rings (SSSR count). The van der Waals surface area contributed by atoms with Crippen LogP contribution < -0.4 is 0 Å². The van der Waals surface area contributed by atoms with Crippen molar-refractivity contribution < 1.29 is 9.72 Å². The molecule has 1 saturated heterocycles. The molecule has 1 aromatic carbocycles. The first-order valence-corrected chi connectivity index (χ1v) is 9.22. The number of piperazine rings is 1. The summed E-state index contributed by atoms with van der Waals surface area (Å²) in [6.07, 6.45) is 0. The third kappa shape index (κ3) is 4.77. The predicted octanol–water partition coefficient (Wildman–Crippen LogP) is 2.75. The predicted molar refractivity (Wildman–Crippen MR) is 102 cm³/mol. The third-order valence-electron chi connectivity index (χ3n) is 4.49. The van der Waals surface area contributed by atoms with Gasteiger partial charge in [0.25, 0.3) is 5.91 Å². The molecule has 2 heterocycles. The van der Waals surface area contributed by atoms with Gasteiger partial charge in [-0.1, -0.05) is 34.4 Å². The van der Waals surface area contributed by atoms with Crippen LogP contribution >= 0.6 is 23.2 Å². The lowest BCUT2D eigenvalue weighted by molar-refractivity contribution is -0.392. The van der Waals surface area contributed by atoms with E-state index in [9.17, 15) is 14.9 Å². The molecule has 144 valence electrons. The van der Waals surface area contributed by atoms with Crippen LogP contribution in [0, 0.1) is 17.0 Å². The molecular formula is C17H19Cl2N5O3. The van der Waals surface area contributed by atoms with Crippen molar-refractivity contribution in [3.63, 3.8) is 0 Å². The van der Waals surface area contributed by atoms with Gasteiger partial charge in [-0.15, -0.1) is 4.68 Å². The first kappa shape index (κ1) is 19.6. The monoisotopic (exact) mass is 411 g/mol. The molecule has 2 aromatic rings. The molecule has 1 aliphatic heterocycles. The largest absolute Gasteiger partial charge is 0.358 e. The lowest BCUT2D eigenvalue weighted by Crippen LogP contribution is -2.49. The van der Waals surface area contributed by atoms with Crippen molar-refractivity contribution in [2.45, 2.75) is 20.0 Å². The van der Waals surface area contributed by atoms with Crippen LogP contribution in [0.3, 0.4) is 0 Å². The minimum atomic E-state index is -0.527. The summed E-state index contributed by atoms with van der Waals surface area (Å²) in [5.74, 6) is -0.345. The summed E-state index contributed by atoms with van der Waals surface area (Å²) in [4.78, 5) is 26.9. The van der Waals surface area contributed by atoms with Gasteiger partial charge in [0.1, 0.15) is 0 Å². The number of carbonyl (C=O) groups excluding carboxylic acids is 1. The SMILES string of the molecule is Cc1cc([N+](=O)[O-])n(CC(=O)N2CCN(Cc3ccc(Cl)cc3Cl)CC2)n1. The third-order valence-corrected chi connectivity index (χ3v) is 5.07. The topological polar surface area (TPSA) is 84.5 Å². The second-order valence-corrected chi connectivity index (χ2v) is 7.29. The molecule has 1 aromatic heterocycles. The van der Waals surface area contributed by atoms with Crippen molar-refractivity contribution >= 4 is 34.9 Å². The lowest BCUT2D eigenvalue weighted by atomic mass is 10.2. The number of benzene rings is 1. The number of rotatable bonds is 5. The van der Waals surface area contributed by atoms with Crippen molar-refractivity contribution in [2.24, 2.45) is 0 Å². The average molecular weight is 412 g/mol. The quantitative estimate of drug-likeness (QED) is 0.557. The molecule has 1 amide bonds. The van der Waals surface area contributed by atoms with Crippen molar-refractivity contribution in [2.75, 3.05) is 26.2 Å². The second-order valence-electron chi connectivity index (χ2n) is 6.45. The zero-order chi connectivity index (χ0) is 19.6. The average Bonchev–Trinajstić information content (AvgIpc) is 2.98. The molecule has 0 N–H and O–H groups in total. The van der Waals surface area contributed by atoms with Crippen LogP contribution in [0.5, 0.6) is 0 Å². The summed E-state index contributed by atoms with van der Waals surface area (Å²) in [7, 11) is 0. The van der Waals surface area contributed by atoms with E-state index in [0.29, 0.717) is 48.5 Å². The van der Waals surface area contributed by atoms with Crippen LogP contribution in [-0.4, -0.2) is 56.6 Å². The van der Waals surface area contributed by atoms with E-state index >= 15 is 0 Å². The van der Waals surface area contributed by atoms with Gasteiger partial charge in [0, 0.05) is 42.8 Å². The minimum absolute atomic E-state index is 0.132. The Balaban J connectivity index is 1.56. The molecule has 1 aliphatic rings. The van der Waals surface area contributed by atoms with E-state index in [-0.39, 0.29) is 18.3 Å². The van der Waals surface area contributed by atoms with Gasteiger partial charge in [-0.2, -0.15) is 0 Å². The van der Waals surface area contributed by atoms with Gasteiger partial charge in [0.15, 0.2) is 6.54 Å². The van der Waals surface area contributed by atoms with Gasteiger partial charge in [0.2, 0.25) is 0 Å². The Kier molecular flexibility index (Phi) is 5.98. The van der Waals surface area contributed by atoms with E-state index < -0.39 is 4.92 Å². The number of hydrogen-bond donors (Lipinski definition) is 0. The maximum Gasteiger partial charge on any atom is 0.345 e. The van der Waals surface area contributed by atoms with Crippen LogP contribution in [0.15, 0.2) is 24.3 Å². The van der Waals surface area contributed by atoms with Gasteiger partial charge < -0.3 is 15.0 Å². The van der Waals surface area contributed by atoms with Crippen LogP contribution in [0.4, 0.5) is 5.82 Å². The maximum atomic E-state index is 12.5. The van der Waals surface area contributed by atoms with E-state index in [1.807, 2.05) is 12.1 Å². The Morgan fingerprint density at radius 1 is 1.22 bits per heavy atom. The Bertz CT molecular complexity index is 862. The van der Waals surface area contributed by atoms with Crippen molar-refractivity contribution in [3.05, 3.63) is 55.7 Å². The summed E-state index contributed by atoms with van der Waals surface area (Å²) in [5, 5.41) is 16.3. The number of aryl methyl sites for hydroxylation is 1. The Hall–Kier alpha value is -2.16. The van der Waals surface area contributed by atoms with E-state index in [2.05, 4.69) is 10.00 Å². The summed E-state index contributed by atoms with van der Waals surface area (Å²) >= 11 is 12.1. The smallest absolute Gasteiger partial charge is 0.345 e. The normalized spacial score (nSPS) is 15.1. The fraction of sp³-hybridized carbons (Fsp3) is 0.412. The van der Waals surface area contributed by atoms with Gasteiger partial charge in [0.05, 0.1) is 11.8 Å². The maximum absolute atomic E-state index is 12.5. The second kappa shape index (κ2) is 8.24. The summed E-state index contributed by atoms with van der Waals surface area (Å²) in [6.45, 7) is 4.72. The molecule has 0 bridgehead atoms. The van der Waals surface area contributed by atoms with E-state index in [1.54, 1.807) is 17.9 Å². The molecule has 8 nitrogen and oxygen atoms in total. The highest BCUT2D eigenvalue weighted by Crippen LogP contribution is 2.23. The molecule has 0 unspecified atom stereocenters. The molecule has 27 heavy (non-hydrogen) atoms. The standard InChI is InChI=1S/C17H19Cl2N5O3/c1-12-8-16(24(26)27)23(20-12)11-17(25)22-6-4-21(5-7-22)10-13-2-3-14(18)9-15(13)19/h2-3,8-9H,4-7,10-11H2,1H3. The fourth-order valence-corrected chi connectivity index (χ4v) is 3.54. The number of nitro groups is 1. The molecule has 0 atom stereocenters. The summed E-state index contributed by atoms with van der Waals surface area (Å²) < 4.78 is 1.15. The van der Waals surface area contributed by atoms with Crippen molar-refractivity contribution in [1.29, 1.82) is 0 Å². The molecule has 1 fully saturated rings. The van der Waals surface area contributed by atoms with Gasteiger partial charge in [-0.05, 0) is 29.5 Å². The zero-order valence-electron chi connectivity index (χ0n) is 14.8. The molecule has 10 heteroatoms. The highest BCUT2D eigenvalue weighted by atomic mass is 35.5. The minimum Gasteiger partial charge on any atom is -0.358 e. The van der Waals surface area contributed by atoms with Crippen molar-refractivity contribution in [1.82, 2.24) is 19.6 Å². The number of nitrogens with zero attached hydrogens (tertiary/aromatic N) is 5.